The summed E-state index contributed by atoms with van der Waals surface area (Å²) >= 11 is 0. The average Bonchev–Trinajstić information content (AvgIpc) is 2.59. The van der Waals surface area contributed by atoms with E-state index >= 15 is 0 Å². The molecule has 1 aromatic carbocycles. The largest absolute Gasteiger partial charge is 0.438 e. The molecule has 2 rings (SSSR count). The van der Waals surface area contributed by atoms with Gasteiger partial charge in [-0.05, 0) is 25.5 Å². The number of amidine groups is 1. The van der Waals surface area contributed by atoms with E-state index in [-0.39, 0.29) is 11.7 Å². The summed E-state index contributed by atoms with van der Waals surface area (Å²) < 4.78 is 20.4. The van der Waals surface area contributed by atoms with Crippen molar-refractivity contribution in [3.8, 4) is 11.6 Å². The van der Waals surface area contributed by atoms with Crippen molar-refractivity contribution >= 4 is 5.84 Å². The van der Waals surface area contributed by atoms with Crippen LogP contribution >= 0.6 is 0 Å². The standard InChI is InChI=1S/C13H15FN4O/c1-7-4-5-9(14)6-10(7)19-13-11(12(15)16)8(2)17-18(13)3/h4-6H,1-3H3,(H3,15,16). The number of nitrogens with two attached hydrogens (primary N) is 1. The van der Waals surface area contributed by atoms with Gasteiger partial charge in [0.15, 0.2) is 0 Å². The molecule has 0 saturated heterocycles. The number of aryl methyl sites for hydroxylation is 3. The van der Waals surface area contributed by atoms with E-state index in [9.17, 15) is 4.39 Å². The molecule has 0 amide bonds. The van der Waals surface area contributed by atoms with Gasteiger partial charge in [0.2, 0.25) is 5.88 Å². The number of nitrogens with one attached hydrogen (secondary N) is 1. The molecule has 6 heteroatoms. The van der Waals surface area contributed by atoms with Gasteiger partial charge in [0.05, 0.1) is 5.69 Å². The van der Waals surface area contributed by atoms with Crippen LogP contribution in [0.1, 0.15) is 16.8 Å². The number of halogens is 1. The monoisotopic (exact) mass is 262 g/mol. The first-order valence-corrected chi connectivity index (χ1v) is 5.72. The quantitative estimate of drug-likeness (QED) is 0.658. The van der Waals surface area contributed by atoms with E-state index in [4.69, 9.17) is 15.9 Å². The molecular weight excluding hydrogens is 247 g/mol. The highest BCUT2D eigenvalue weighted by Crippen LogP contribution is 2.29. The predicted octanol–water partition coefficient (Wildman–Crippen LogP) is 2.25. The van der Waals surface area contributed by atoms with Crippen LogP contribution in [-0.4, -0.2) is 15.6 Å². The van der Waals surface area contributed by atoms with E-state index in [0.29, 0.717) is 22.9 Å². The topological polar surface area (TPSA) is 76.9 Å². The molecule has 3 N–H and O–H groups in total. The Balaban J connectivity index is 2.49. The predicted molar refractivity (Wildman–Crippen MR) is 70.2 cm³/mol. The van der Waals surface area contributed by atoms with Gasteiger partial charge in [-0.2, -0.15) is 5.10 Å². The number of hydrogen-bond acceptors (Lipinski definition) is 3. The fourth-order valence-electron chi connectivity index (χ4n) is 1.85. The van der Waals surface area contributed by atoms with Gasteiger partial charge < -0.3 is 10.5 Å². The van der Waals surface area contributed by atoms with Crippen LogP contribution in [-0.2, 0) is 7.05 Å². The first-order chi connectivity index (χ1) is 8.90. The Labute approximate surface area is 110 Å². The van der Waals surface area contributed by atoms with Gasteiger partial charge in [-0.3, -0.25) is 5.41 Å². The third kappa shape index (κ3) is 2.42. The Kier molecular flexibility index (Phi) is 3.25. The molecule has 19 heavy (non-hydrogen) atoms. The van der Waals surface area contributed by atoms with Crippen molar-refractivity contribution in [3.63, 3.8) is 0 Å². The van der Waals surface area contributed by atoms with Crippen LogP contribution in [0.5, 0.6) is 11.6 Å². The molecule has 0 saturated carbocycles. The smallest absolute Gasteiger partial charge is 0.228 e. The first-order valence-electron chi connectivity index (χ1n) is 5.72. The average molecular weight is 262 g/mol. The highest BCUT2D eigenvalue weighted by atomic mass is 19.1. The SMILES string of the molecule is Cc1ccc(F)cc1Oc1c(C(=N)N)c(C)nn1C. The summed E-state index contributed by atoms with van der Waals surface area (Å²) in [6, 6.07) is 4.28. The number of rotatable bonds is 3. The molecule has 0 atom stereocenters. The molecule has 0 bridgehead atoms. The summed E-state index contributed by atoms with van der Waals surface area (Å²) in [4.78, 5) is 0. The molecule has 0 aliphatic carbocycles. The van der Waals surface area contributed by atoms with E-state index in [1.807, 2.05) is 6.92 Å². The van der Waals surface area contributed by atoms with Gasteiger partial charge >= 0.3 is 0 Å². The Morgan fingerprint density at radius 2 is 2.11 bits per heavy atom. The van der Waals surface area contributed by atoms with E-state index in [0.717, 1.165) is 5.56 Å². The number of nitrogen functional groups attached to an aromatic ring is 1. The van der Waals surface area contributed by atoms with Crippen LogP contribution in [0, 0.1) is 25.1 Å². The van der Waals surface area contributed by atoms with Gasteiger partial charge in [0.25, 0.3) is 0 Å². The van der Waals surface area contributed by atoms with Gasteiger partial charge in [-0.15, -0.1) is 0 Å². The van der Waals surface area contributed by atoms with Crippen molar-refractivity contribution in [2.75, 3.05) is 0 Å². The number of benzene rings is 1. The normalized spacial score (nSPS) is 10.5. The maximum absolute atomic E-state index is 13.2. The van der Waals surface area contributed by atoms with Crippen LogP contribution < -0.4 is 10.5 Å². The Morgan fingerprint density at radius 1 is 1.42 bits per heavy atom. The highest BCUT2D eigenvalue weighted by Gasteiger charge is 2.18. The fraction of sp³-hybridized carbons (Fsp3) is 0.231. The third-order valence-corrected chi connectivity index (χ3v) is 2.80. The summed E-state index contributed by atoms with van der Waals surface area (Å²) in [7, 11) is 1.68. The van der Waals surface area contributed by atoms with Crippen LogP contribution in [0.15, 0.2) is 18.2 Å². The van der Waals surface area contributed by atoms with Crippen molar-refractivity contribution in [2.45, 2.75) is 13.8 Å². The molecule has 1 heterocycles. The Bertz CT molecular complexity index is 648. The zero-order valence-corrected chi connectivity index (χ0v) is 11.0. The van der Waals surface area contributed by atoms with Crippen LogP contribution in [0.2, 0.25) is 0 Å². The molecule has 5 nitrogen and oxygen atoms in total. The van der Waals surface area contributed by atoms with Gasteiger partial charge in [0.1, 0.15) is 23.0 Å². The highest BCUT2D eigenvalue weighted by molar-refractivity contribution is 5.98. The van der Waals surface area contributed by atoms with Crippen molar-refractivity contribution < 1.29 is 9.13 Å². The Hall–Kier alpha value is -2.37. The zero-order chi connectivity index (χ0) is 14.2. The molecule has 0 radical (unpaired) electrons. The zero-order valence-electron chi connectivity index (χ0n) is 11.0. The minimum Gasteiger partial charge on any atom is -0.438 e. The molecule has 0 fully saturated rings. The fourth-order valence-corrected chi connectivity index (χ4v) is 1.85. The molecule has 100 valence electrons. The summed E-state index contributed by atoms with van der Waals surface area (Å²) in [5.41, 5.74) is 7.33. The molecule has 0 aliphatic rings. The number of ether oxygens (including phenoxy) is 1. The van der Waals surface area contributed by atoms with Crippen LogP contribution in [0.3, 0.4) is 0 Å². The minimum absolute atomic E-state index is 0.130. The molecule has 1 aromatic heterocycles. The number of hydrogen-bond donors (Lipinski definition) is 2. The summed E-state index contributed by atoms with van der Waals surface area (Å²) in [5.74, 6) is 0.197. The van der Waals surface area contributed by atoms with E-state index in [1.54, 1.807) is 20.0 Å². The maximum atomic E-state index is 13.2. The van der Waals surface area contributed by atoms with Crippen LogP contribution in [0.4, 0.5) is 4.39 Å². The van der Waals surface area contributed by atoms with Gasteiger partial charge in [-0.25, -0.2) is 9.07 Å². The lowest BCUT2D eigenvalue weighted by molar-refractivity contribution is 0.423. The third-order valence-electron chi connectivity index (χ3n) is 2.80. The summed E-state index contributed by atoms with van der Waals surface area (Å²) in [5, 5.41) is 11.7. The minimum atomic E-state index is -0.385. The molecule has 0 aliphatic heterocycles. The molecule has 0 spiro atoms. The van der Waals surface area contributed by atoms with Gasteiger partial charge in [-0.1, -0.05) is 6.07 Å². The number of aromatic nitrogens is 2. The second kappa shape index (κ2) is 4.72. The van der Waals surface area contributed by atoms with E-state index in [1.165, 1.54) is 16.8 Å². The second-order valence-corrected chi connectivity index (χ2v) is 4.31. The van der Waals surface area contributed by atoms with Crippen molar-refractivity contribution in [2.24, 2.45) is 12.8 Å². The number of nitrogens with zero attached hydrogens (tertiary/aromatic N) is 2. The Morgan fingerprint density at radius 3 is 2.74 bits per heavy atom. The summed E-state index contributed by atoms with van der Waals surface area (Å²) in [6.45, 7) is 3.55. The molecule has 0 unspecified atom stereocenters. The van der Waals surface area contributed by atoms with Crippen LogP contribution in [0.25, 0.3) is 0 Å². The van der Waals surface area contributed by atoms with Crippen molar-refractivity contribution in [1.29, 1.82) is 5.41 Å². The first kappa shape index (κ1) is 13.1. The second-order valence-electron chi connectivity index (χ2n) is 4.31. The van der Waals surface area contributed by atoms with Crippen molar-refractivity contribution in [3.05, 3.63) is 40.8 Å². The summed E-state index contributed by atoms with van der Waals surface area (Å²) in [6.07, 6.45) is 0. The lowest BCUT2D eigenvalue weighted by atomic mass is 10.2. The van der Waals surface area contributed by atoms with E-state index in [2.05, 4.69) is 5.10 Å². The maximum Gasteiger partial charge on any atom is 0.228 e. The van der Waals surface area contributed by atoms with E-state index < -0.39 is 0 Å². The molecule has 2 aromatic rings. The molecular formula is C13H15FN4O. The van der Waals surface area contributed by atoms with Gasteiger partial charge in [0, 0.05) is 13.1 Å². The van der Waals surface area contributed by atoms with Crippen molar-refractivity contribution in [1.82, 2.24) is 9.78 Å². The lowest BCUT2D eigenvalue weighted by Gasteiger charge is -2.10. The lowest BCUT2D eigenvalue weighted by Crippen LogP contribution is -2.13.